The van der Waals surface area contributed by atoms with Gasteiger partial charge in [0, 0.05) is 18.3 Å². The van der Waals surface area contributed by atoms with Crippen LogP contribution in [-0.4, -0.2) is 40.6 Å². The van der Waals surface area contributed by atoms with Crippen LogP contribution in [0.5, 0.6) is 5.88 Å². The average molecular weight is 264 g/mol. The molecule has 0 bridgehead atoms. The van der Waals surface area contributed by atoms with Crippen LogP contribution in [0.4, 0.5) is 0 Å². The first-order valence-electron chi connectivity index (χ1n) is 6.45. The van der Waals surface area contributed by atoms with E-state index in [0.717, 1.165) is 31.4 Å². The van der Waals surface area contributed by atoms with E-state index in [4.69, 9.17) is 15.7 Å². The van der Waals surface area contributed by atoms with Crippen LogP contribution in [0.3, 0.4) is 0 Å². The number of nitrogens with zero attached hydrogens (tertiary/aromatic N) is 3. The Hall–Kier alpha value is -1.82. The van der Waals surface area contributed by atoms with Gasteiger partial charge in [-0.3, -0.25) is 4.90 Å². The lowest BCUT2D eigenvalue weighted by atomic mass is 10.0. The number of hydrogen-bond donors (Lipinski definition) is 2. The summed E-state index contributed by atoms with van der Waals surface area (Å²) in [5, 5.41) is 12.0. The molecule has 0 aliphatic carbocycles. The van der Waals surface area contributed by atoms with Crippen molar-refractivity contribution in [2.45, 2.75) is 31.8 Å². The second kappa shape index (κ2) is 6.38. The quantitative estimate of drug-likeness (QED) is 0.369. The van der Waals surface area contributed by atoms with E-state index in [2.05, 4.69) is 15.0 Å². The second-order valence-corrected chi connectivity index (χ2v) is 4.68. The molecular weight excluding hydrogens is 244 g/mol. The maximum atomic E-state index is 8.87. The molecule has 6 heteroatoms. The van der Waals surface area contributed by atoms with Gasteiger partial charge in [0.15, 0.2) is 5.84 Å². The molecule has 2 heterocycles. The van der Waals surface area contributed by atoms with Crippen LogP contribution < -0.4 is 10.5 Å². The highest BCUT2D eigenvalue weighted by Gasteiger charge is 2.26. The standard InChI is InChI=1S/C13H20N4O2/c1-19-13-10(5-4-7-15-13)9-17-8-3-2-6-11(17)12(14)16-18/h4-5,7,11,18H,2-3,6,8-9H2,1H3,(H2,14,16). The second-order valence-electron chi connectivity index (χ2n) is 4.68. The van der Waals surface area contributed by atoms with Crippen molar-refractivity contribution >= 4 is 5.84 Å². The molecule has 0 aromatic carbocycles. The third-order valence-corrected chi connectivity index (χ3v) is 3.49. The summed E-state index contributed by atoms with van der Waals surface area (Å²) in [6.45, 7) is 1.62. The maximum absolute atomic E-state index is 8.87. The van der Waals surface area contributed by atoms with Crippen molar-refractivity contribution in [3.05, 3.63) is 23.9 Å². The Morgan fingerprint density at radius 1 is 1.63 bits per heavy atom. The first kappa shape index (κ1) is 13.6. The molecule has 1 unspecified atom stereocenters. The smallest absolute Gasteiger partial charge is 0.217 e. The fourth-order valence-corrected chi connectivity index (χ4v) is 2.53. The number of likely N-dealkylation sites (tertiary alicyclic amines) is 1. The van der Waals surface area contributed by atoms with Crippen LogP contribution >= 0.6 is 0 Å². The summed E-state index contributed by atoms with van der Waals surface area (Å²) >= 11 is 0. The maximum Gasteiger partial charge on any atom is 0.217 e. The predicted octanol–water partition coefficient (Wildman–Crippen LogP) is 1.19. The Bertz CT molecular complexity index is 450. The van der Waals surface area contributed by atoms with Crippen LogP contribution in [0.25, 0.3) is 0 Å². The fraction of sp³-hybridized carbons (Fsp3) is 0.538. The minimum Gasteiger partial charge on any atom is -0.481 e. The average Bonchev–Trinajstić information content (AvgIpc) is 2.47. The van der Waals surface area contributed by atoms with Crippen molar-refractivity contribution in [2.75, 3.05) is 13.7 Å². The molecule has 1 saturated heterocycles. The number of piperidine rings is 1. The molecule has 104 valence electrons. The van der Waals surface area contributed by atoms with Crippen molar-refractivity contribution in [2.24, 2.45) is 10.9 Å². The van der Waals surface area contributed by atoms with Crippen LogP contribution in [0.2, 0.25) is 0 Å². The topological polar surface area (TPSA) is 84.0 Å². The Morgan fingerprint density at radius 3 is 3.21 bits per heavy atom. The molecular formula is C13H20N4O2. The summed E-state index contributed by atoms with van der Waals surface area (Å²) in [5.41, 5.74) is 6.79. The van der Waals surface area contributed by atoms with Gasteiger partial charge in [0.05, 0.1) is 13.2 Å². The molecule has 1 fully saturated rings. The van der Waals surface area contributed by atoms with Gasteiger partial charge >= 0.3 is 0 Å². The third kappa shape index (κ3) is 3.14. The number of ether oxygens (including phenoxy) is 1. The van der Waals surface area contributed by atoms with E-state index in [9.17, 15) is 0 Å². The molecule has 19 heavy (non-hydrogen) atoms. The van der Waals surface area contributed by atoms with E-state index >= 15 is 0 Å². The zero-order valence-corrected chi connectivity index (χ0v) is 11.1. The number of oxime groups is 1. The van der Waals surface area contributed by atoms with Gasteiger partial charge in [-0.1, -0.05) is 17.6 Å². The monoisotopic (exact) mass is 264 g/mol. The van der Waals surface area contributed by atoms with Gasteiger partial charge in [-0.15, -0.1) is 0 Å². The van der Waals surface area contributed by atoms with Gasteiger partial charge < -0.3 is 15.7 Å². The fourth-order valence-electron chi connectivity index (χ4n) is 2.53. The Kier molecular flexibility index (Phi) is 4.57. The van der Waals surface area contributed by atoms with Crippen molar-refractivity contribution < 1.29 is 9.94 Å². The zero-order valence-electron chi connectivity index (χ0n) is 11.1. The largest absolute Gasteiger partial charge is 0.481 e. The molecule has 1 aliphatic heterocycles. The van der Waals surface area contributed by atoms with Crippen LogP contribution in [-0.2, 0) is 6.54 Å². The molecule has 0 amide bonds. The van der Waals surface area contributed by atoms with E-state index in [1.165, 1.54) is 0 Å². The molecule has 3 N–H and O–H groups in total. The molecule has 1 aromatic heterocycles. The van der Waals surface area contributed by atoms with E-state index in [1.807, 2.05) is 12.1 Å². The van der Waals surface area contributed by atoms with Gasteiger partial charge in [0.2, 0.25) is 5.88 Å². The highest BCUT2D eigenvalue weighted by atomic mass is 16.5. The van der Waals surface area contributed by atoms with Crippen molar-refractivity contribution in [1.82, 2.24) is 9.88 Å². The van der Waals surface area contributed by atoms with E-state index in [1.54, 1.807) is 13.3 Å². The van der Waals surface area contributed by atoms with Crippen LogP contribution in [0, 0.1) is 0 Å². The Morgan fingerprint density at radius 2 is 2.47 bits per heavy atom. The minimum atomic E-state index is -0.0105. The van der Waals surface area contributed by atoms with Crippen molar-refractivity contribution in [1.29, 1.82) is 0 Å². The highest BCUT2D eigenvalue weighted by molar-refractivity contribution is 5.85. The normalized spacial score (nSPS) is 21.3. The summed E-state index contributed by atoms with van der Waals surface area (Å²) in [6, 6.07) is 3.87. The number of rotatable bonds is 4. The number of pyridine rings is 1. The van der Waals surface area contributed by atoms with Gasteiger partial charge in [0.1, 0.15) is 0 Å². The lowest BCUT2D eigenvalue weighted by Gasteiger charge is -2.34. The van der Waals surface area contributed by atoms with Gasteiger partial charge in [-0.05, 0) is 25.5 Å². The first-order valence-corrected chi connectivity index (χ1v) is 6.45. The van der Waals surface area contributed by atoms with Crippen LogP contribution in [0.1, 0.15) is 24.8 Å². The van der Waals surface area contributed by atoms with E-state index in [-0.39, 0.29) is 11.9 Å². The predicted molar refractivity (Wildman–Crippen MR) is 72.2 cm³/mol. The first-order chi connectivity index (χ1) is 9.26. The number of aromatic nitrogens is 1. The van der Waals surface area contributed by atoms with Crippen molar-refractivity contribution in [3.8, 4) is 5.88 Å². The number of methoxy groups -OCH3 is 1. The minimum absolute atomic E-state index is 0.0105. The molecule has 6 nitrogen and oxygen atoms in total. The summed E-state index contributed by atoms with van der Waals surface area (Å²) in [5.74, 6) is 0.911. The molecule has 0 spiro atoms. The van der Waals surface area contributed by atoms with E-state index < -0.39 is 0 Å². The van der Waals surface area contributed by atoms with Gasteiger partial charge in [-0.2, -0.15) is 0 Å². The van der Waals surface area contributed by atoms with Crippen LogP contribution in [0.15, 0.2) is 23.5 Å². The number of amidine groups is 1. The highest BCUT2D eigenvalue weighted by Crippen LogP contribution is 2.23. The summed E-state index contributed by atoms with van der Waals surface area (Å²) in [7, 11) is 1.61. The molecule has 1 aromatic rings. The molecule has 2 rings (SSSR count). The number of hydrogen-bond acceptors (Lipinski definition) is 5. The SMILES string of the molecule is COc1ncccc1CN1CCCCC1C(N)=NO. The lowest BCUT2D eigenvalue weighted by molar-refractivity contribution is 0.176. The number of nitrogens with two attached hydrogens (primary N) is 1. The summed E-state index contributed by atoms with van der Waals surface area (Å²) in [4.78, 5) is 6.40. The lowest BCUT2D eigenvalue weighted by Crippen LogP contribution is -2.47. The van der Waals surface area contributed by atoms with Gasteiger partial charge in [-0.25, -0.2) is 4.98 Å². The molecule has 1 aliphatic rings. The Labute approximate surface area is 112 Å². The molecule has 0 radical (unpaired) electrons. The summed E-state index contributed by atoms with van der Waals surface area (Å²) in [6.07, 6.45) is 4.84. The van der Waals surface area contributed by atoms with Crippen molar-refractivity contribution in [3.63, 3.8) is 0 Å². The Balaban J connectivity index is 2.15. The summed E-state index contributed by atoms with van der Waals surface area (Å²) < 4.78 is 5.26. The zero-order chi connectivity index (χ0) is 13.7. The third-order valence-electron chi connectivity index (χ3n) is 3.49. The molecule has 1 atom stereocenters. The van der Waals surface area contributed by atoms with E-state index in [0.29, 0.717) is 12.4 Å². The van der Waals surface area contributed by atoms with Gasteiger partial charge in [0.25, 0.3) is 0 Å². The molecule has 0 saturated carbocycles.